The van der Waals surface area contributed by atoms with Crippen LogP contribution in [0.1, 0.15) is 32.3 Å². The Labute approximate surface area is 118 Å². The average molecular weight is 306 g/mol. The molecule has 2 unspecified atom stereocenters. The maximum Gasteiger partial charge on any atom is 0.404 e. The lowest BCUT2D eigenvalue weighted by Gasteiger charge is -2.24. The van der Waals surface area contributed by atoms with E-state index in [9.17, 15) is 22.4 Å². The lowest BCUT2D eigenvalue weighted by atomic mass is 9.84. The Balaban J connectivity index is 2.38. The molecule has 1 heterocycles. The van der Waals surface area contributed by atoms with Gasteiger partial charge in [-0.2, -0.15) is 17.6 Å². The van der Waals surface area contributed by atoms with Crippen molar-refractivity contribution in [2.75, 3.05) is 0 Å². The van der Waals surface area contributed by atoms with Crippen molar-refractivity contribution in [2.24, 2.45) is 5.92 Å². The minimum absolute atomic E-state index is 0.0156. The molecule has 0 saturated heterocycles. The lowest BCUT2D eigenvalue weighted by Crippen LogP contribution is -2.30. The van der Waals surface area contributed by atoms with Crippen LogP contribution >= 0.6 is 0 Å². The highest BCUT2D eigenvalue weighted by molar-refractivity contribution is 5.84. The Hall–Kier alpha value is -1.79. The summed E-state index contributed by atoms with van der Waals surface area (Å²) in [5.74, 6) is -3.77. The number of Topliss-reactive ketones (excluding diaryl/α,β-unsaturated/α-hetero) is 1. The number of carbonyl (C=O) groups excluding carboxylic acids is 1. The van der Waals surface area contributed by atoms with Crippen molar-refractivity contribution in [1.29, 1.82) is 0 Å². The van der Waals surface area contributed by atoms with Crippen LogP contribution in [0, 0.1) is 5.92 Å². The van der Waals surface area contributed by atoms with Crippen LogP contribution in [0.25, 0.3) is 0 Å². The van der Waals surface area contributed by atoms with Gasteiger partial charge in [-0.3, -0.25) is 4.79 Å². The summed E-state index contributed by atoms with van der Waals surface area (Å²) < 4.78 is 61.8. The highest BCUT2D eigenvalue weighted by atomic mass is 19.4. The number of halogens is 4. The van der Waals surface area contributed by atoms with Crippen molar-refractivity contribution in [1.82, 2.24) is 0 Å². The third kappa shape index (κ3) is 3.11. The van der Waals surface area contributed by atoms with E-state index in [1.54, 1.807) is 0 Å². The van der Waals surface area contributed by atoms with Gasteiger partial charge in [0.2, 0.25) is 0 Å². The Morgan fingerprint density at radius 3 is 2.33 bits per heavy atom. The largest absolute Gasteiger partial charge is 0.423 e. The number of hydrogen-bond acceptors (Lipinski definition) is 3. The van der Waals surface area contributed by atoms with E-state index in [-0.39, 0.29) is 17.1 Å². The van der Waals surface area contributed by atoms with Gasteiger partial charge < -0.3 is 9.47 Å². The molecule has 1 aliphatic rings. The van der Waals surface area contributed by atoms with Crippen LogP contribution in [-0.2, 0) is 4.79 Å². The molecular formula is C14H14F4O3. The minimum Gasteiger partial charge on any atom is -0.423 e. The number of fused-ring (bicyclic) bond motifs is 1. The van der Waals surface area contributed by atoms with Gasteiger partial charge in [-0.1, -0.05) is 13.0 Å². The molecule has 0 fully saturated rings. The number of rotatable bonds is 3. The van der Waals surface area contributed by atoms with Crippen molar-refractivity contribution in [2.45, 2.75) is 38.9 Å². The van der Waals surface area contributed by atoms with Gasteiger partial charge in [0, 0.05) is 6.92 Å². The van der Waals surface area contributed by atoms with Crippen LogP contribution < -0.4 is 9.47 Å². The van der Waals surface area contributed by atoms with Gasteiger partial charge in [0.15, 0.2) is 11.5 Å². The molecule has 116 valence electrons. The molecule has 1 aliphatic heterocycles. The molecular weight excluding hydrogens is 292 g/mol. The lowest BCUT2D eigenvalue weighted by molar-refractivity contribution is -0.178. The van der Waals surface area contributed by atoms with Crippen LogP contribution in [0.3, 0.4) is 0 Å². The maximum absolute atomic E-state index is 13.6. The van der Waals surface area contributed by atoms with Crippen LogP contribution in [-0.4, -0.2) is 18.0 Å². The molecule has 0 bridgehead atoms. The average Bonchev–Trinajstić information content (AvgIpc) is 2.60. The zero-order valence-corrected chi connectivity index (χ0v) is 11.6. The number of alkyl halides is 4. The fourth-order valence-corrected chi connectivity index (χ4v) is 2.36. The van der Waals surface area contributed by atoms with Gasteiger partial charge in [0.1, 0.15) is 5.78 Å². The Morgan fingerprint density at radius 1 is 1.24 bits per heavy atom. The van der Waals surface area contributed by atoms with E-state index in [0.29, 0.717) is 0 Å². The van der Waals surface area contributed by atoms with Gasteiger partial charge in [0.05, 0.1) is 11.8 Å². The summed E-state index contributed by atoms with van der Waals surface area (Å²) in [7, 11) is 0. The van der Waals surface area contributed by atoms with E-state index < -0.39 is 29.8 Å². The van der Waals surface area contributed by atoms with E-state index in [0.717, 1.165) is 20.8 Å². The van der Waals surface area contributed by atoms with Gasteiger partial charge >= 0.3 is 12.2 Å². The topological polar surface area (TPSA) is 35.5 Å². The second-order valence-electron chi connectivity index (χ2n) is 5.16. The number of benzene rings is 1. The molecule has 0 aromatic heterocycles. The number of ketones is 1. The van der Waals surface area contributed by atoms with Gasteiger partial charge in [-0.25, -0.2) is 0 Å². The van der Waals surface area contributed by atoms with Gasteiger partial charge in [0.25, 0.3) is 0 Å². The molecule has 0 radical (unpaired) electrons. The molecule has 0 amide bonds. The van der Waals surface area contributed by atoms with Crippen LogP contribution in [0.15, 0.2) is 18.2 Å². The summed E-state index contributed by atoms with van der Waals surface area (Å²) in [5, 5.41) is 0. The first-order valence-corrected chi connectivity index (χ1v) is 6.29. The molecule has 21 heavy (non-hydrogen) atoms. The SMILES string of the molecule is CC(=O)C(c1ccc2c(c1)OC(C)(F)O2)[C@@H](C)C(F)(F)F. The molecule has 3 nitrogen and oxygen atoms in total. The van der Waals surface area contributed by atoms with Crippen LogP contribution in [0.2, 0.25) is 0 Å². The normalized spacial score (nSPS) is 23.8. The first-order chi connectivity index (χ1) is 9.51. The monoisotopic (exact) mass is 306 g/mol. The summed E-state index contributed by atoms with van der Waals surface area (Å²) in [6, 6.07) is 1.48. The van der Waals surface area contributed by atoms with Gasteiger partial charge in [-0.05, 0) is 24.6 Å². The van der Waals surface area contributed by atoms with Gasteiger partial charge in [-0.15, -0.1) is 0 Å². The molecule has 1 aromatic rings. The molecule has 1 aromatic carbocycles. The summed E-state index contributed by atoms with van der Waals surface area (Å²) in [6.45, 7) is 3.07. The highest BCUT2D eigenvalue weighted by Crippen LogP contribution is 2.44. The van der Waals surface area contributed by atoms with Crippen LogP contribution in [0.4, 0.5) is 17.6 Å². The zero-order valence-electron chi connectivity index (χ0n) is 11.6. The predicted molar refractivity (Wildman–Crippen MR) is 65.9 cm³/mol. The Kier molecular flexibility index (Phi) is 3.63. The Bertz CT molecular complexity index is 566. The summed E-state index contributed by atoms with van der Waals surface area (Å²) in [4.78, 5) is 11.6. The zero-order chi connectivity index (χ0) is 16.0. The molecule has 0 saturated carbocycles. The van der Waals surface area contributed by atoms with Crippen molar-refractivity contribution in [3.05, 3.63) is 23.8 Å². The molecule has 7 heteroatoms. The first kappa shape index (κ1) is 15.6. The number of carbonyl (C=O) groups is 1. The fourth-order valence-electron chi connectivity index (χ4n) is 2.36. The quantitative estimate of drug-likeness (QED) is 0.793. The van der Waals surface area contributed by atoms with Crippen LogP contribution in [0.5, 0.6) is 11.5 Å². The van der Waals surface area contributed by atoms with Crippen molar-refractivity contribution in [3.8, 4) is 11.5 Å². The standard InChI is InChI=1S/C14H14F4O3/c1-7(14(16,17)18)12(8(2)19)9-4-5-10-11(6-9)21-13(3,15)20-10/h4-7,12H,1-3H3/t7-,12?,13?/m1/s1. The van der Waals surface area contributed by atoms with E-state index >= 15 is 0 Å². The summed E-state index contributed by atoms with van der Waals surface area (Å²) in [6.07, 6.45) is -4.51. The number of hydrogen-bond donors (Lipinski definition) is 0. The fraction of sp³-hybridized carbons (Fsp3) is 0.500. The second-order valence-corrected chi connectivity index (χ2v) is 5.16. The predicted octanol–water partition coefficient (Wildman–Crippen LogP) is 3.97. The maximum atomic E-state index is 13.6. The van der Waals surface area contributed by atoms with E-state index in [1.165, 1.54) is 18.2 Å². The van der Waals surface area contributed by atoms with Crippen molar-refractivity contribution < 1.29 is 31.8 Å². The summed E-state index contributed by atoms with van der Waals surface area (Å²) in [5.41, 5.74) is 0.118. The van der Waals surface area contributed by atoms with Crippen molar-refractivity contribution >= 4 is 5.78 Å². The second kappa shape index (κ2) is 4.89. The molecule has 2 rings (SSSR count). The van der Waals surface area contributed by atoms with E-state index in [4.69, 9.17) is 9.47 Å². The highest BCUT2D eigenvalue weighted by Gasteiger charge is 2.44. The third-order valence-corrected chi connectivity index (χ3v) is 3.37. The molecule has 3 atom stereocenters. The molecule has 0 N–H and O–H groups in total. The summed E-state index contributed by atoms with van der Waals surface area (Å²) >= 11 is 0. The van der Waals surface area contributed by atoms with E-state index in [2.05, 4.69) is 0 Å². The minimum atomic E-state index is -4.51. The molecule has 0 aliphatic carbocycles. The third-order valence-electron chi connectivity index (χ3n) is 3.37. The Morgan fingerprint density at radius 2 is 1.81 bits per heavy atom. The first-order valence-electron chi connectivity index (χ1n) is 6.29. The van der Waals surface area contributed by atoms with Crippen molar-refractivity contribution in [3.63, 3.8) is 0 Å². The van der Waals surface area contributed by atoms with E-state index in [1.807, 2.05) is 0 Å². The molecule has 0 spiro atoms. The smallest absolute Gasteiger partial charge is 0.404 e. The number of ether oxygens (including phenoxy) is 2.